The molecule has 0 aliphatic carbocycles. The van der Waals surface area contributed by atoms with Gasteiger partial charge in [-0.05, 0) is 44.4 Å². The van der Waals surface area contributed by atoms with Crippen molar-refractivity contribution in [1.29, 1.82) is 5.41 Å². The van der Waals surface area contributed by atoms with Crippen molar-refractivity contribution in [3.05, 3.63) is 62.5 Å². The fourth-order valence-corrected chi connectivity index (χ4v) is 4.44. The number of nitrogens with one attached hydrogen (secondary N) is 1. The van der Waals surface area contributed by atoms with Crippen LogP contribution in [0.4, 0.5) is 0 Å². The van der Waals surface area contributed by atoms with Gasteiger partial charge in [-0.15, -0.1) is 21.5 Å². The van der Waals surface area contributed by atoms with Crippen LogP contribution in [-0.2, 0) is 6.42 Å². The number of nitrogens with zero attached hydrogens (tertiary/aromatic N) is 3. The van der Waals surface area contributed by atoms with Gasteiger partial charge < -0.3 is 0 Å². The van der Waals surface area contributed by atoms with Gasteiger partial charge in [-0.1, -0.05) is 44.0 Å². The third-order valence-corrected chi connectivity index (χ3v) is 6.52. The molecule has 0 amide bonds. The molecule has 2 aromatic heterocycles. The van der Waals surface area contributed by atoms with Crippen LogP contribution in [0, 0.1) is 32.1 Å². The van der Waals surface area contributed by atoms with E-state index in [0.29, 0.717) is 16.7 Å². The standard InChI is InChI=1S/C21H25ClN4S/c1-6-12(2)11-18-25-24-15(5)26(18)21-19(13(3)14(4)27-21)20(23)16-7-9-17(22)10-8-16/h7-10,12,23H,6,11H2,1-5H3. The van der Waals surface area contributed by atoms with Gasteiger partial charge in [0.1, 0.15) is 16.6 Å². The summed E-state index contributed by atoms with van der Waals surface area (Å²) in [6.07, 6.45) is 1.98. The molecule has 2 heterocycles. The summed E-state index contributed by atoms with van der Waals surface area (Å²) >= 11 is 7.73. The second kappa shape index (κ2) is 7.95. The van der Waals surface area contributed by atoms with E-state index in [4.69, 9.17) is 17.0 Å². The number of aryl methyl sites for hydroxylation is 2. The number of thiophene rings is 1. The molecule has 0 saturated carbocycles. The predicted octanol–water partition coefficient (Wildman–Crippen LogP) is 5.91. The van der Waals surface area contributed by atoms with Gasteiger partial charge in [-0.25, -0.2) is 0 Å². The van der Waals surface area contributed by atoms with Gasteiger partial charge >= 0.3 is 0 Å². The highest BCUT2D eigenvalue weighted by atomic mass is 35.5. The molecule has 3 rings (SSSR count). The Morgan fingerprint density at radius 1 is 1.19 bits per heavy atom. The van der Waals surface area contributed by atoms with E-state index in [0.717, 1.165) is 46.2 Å². The highest BCUT2D eigenvalue weighted by molar-refractivity contribution is 7.15. The van der Waals surface area contributed by atoms with Crippen LogP contribution in [0.1, 0.15) is 53.5 Å². The fourth-order valence-electron chi connectivity index (χ4n) is 3.08. The Morgan fingerprint density at radius 2 is 1.85 bits per heavy atom. The SMILES string of the molecule is CCC(C)Cc1nnc(C)n1-c1sc(C)c(C)c1C(=N)c1ccc(Cl)cc1. The highest BCUT2D eigenvalue weighted by Gasteiger charge is 2.23. The molecule has 0 radical (unpaired) electrons. The molecule has 0 aliphatic rings. The van der Waals surface area contributed by atoms with Crippen LogP contribution in [0.2, 0.25) is 5.02 Å². The molecule has 4 nitrogen and oxygen atoms in total. The van der Waals surface area contributed by atoms with Crippen LogP contribution in [0.25, 0.3) is 5.00 Å². The Bertz CT molecular complexity index is 969. The molecule has 0 aliphatic heterocycles. The second-order valence-electron chi connectivity index (χ2n) is 7.06. The lowest BCUT2D eigenvalue weighted by Gasteiger charge is -2.13. The molecule has 142 valence electrons. The number of halogens is 1. The summed E-state index contributed by atoms with van der Waals surface area (Å²) < 4.78 is 2.14. The average Bonchev–Trinajstić information content (AvgIpc) is 3.14. The highest BCUT2D eigenvalue weighted by Crippen LogP contribution is 2.34. The normalized spacial score (nSPS) is 12.4. The van der Waals surface area contributed by atoms with Crippen molar-refractivity contribution in [3.8, 4) is 5.00 Å². The first-order valence-electron chi connectivity index (χ1n) is 9.19. The van der Waals surface area contributed by atoms with Crippen LogP contribution in [0.5, 0.6) is 0 Å². The summed E-state index contributed by atoms with van der Waals surface area (Å²) in [6.45, 7) is 10.6. The molecule has 6 heteroatoms. The first-order chi connectivity index (χ1) is 12.8. The topological polar surface area (TPSA) is 54.6 Å². The quantitative estimate of drug-likeness (QED) is 0.522. The van der Waals surface area contributed by atoms with E-state index in [1.807, 2.05) is 31.2 Å². The second-order valence-corrected chi connectivity index (χ2v) is 8.70. The summed E-state index contributed by atoms with van der Waals surface area (Å²) in [4.78, 5) is 1.21. The molecular formula is C21H25ClN4S. The Hall–Kier alpha value is -1.98. The first kappa shape index (κ1) is 19.8. The third-order valence-electron chi connectivity index (χ3n) is 5.07. The maximum Gasteiger partial charge on any atom is 0.138 e. The van der Waals surface area contributed by atoms with E-state index < -0.39 is 0 Å². The minimum atomic E-state index is 0.506. The van der Waals surface area contributed by atoms with E-state index in [2.05, 4.69) is 42.5 Å². The maximum absolute atomic E-state index is 8.87. The molecule has 0 spiro atoms. The lowest BCUT2D eigenvalue weighted by Crippen LogP contribution is -2.11. The fraction of sp³-hybridized carbons (Fsp3) is 0.381. The van der Waals surface area contributed by atoms with Gasteiger partial charge in [0.05, 0.1) is 5.71 Å². The number of benzene rings is 1. The van der Waals surface area contributed by atoms with Gasteiger partial charge in [0, 0.05) is 27.4 Å². The van der Waals surface area contributed by atoms with Crippen molar-refractivity contribution < 1.29 is 0 Å². The number of aromatic nitrogens is 3. The monoisotopic (exact) mass is 400 g/mol. The average molecular weight is 401 g/mol. The summed E-state index contributed by atoms with van der Waals surface area (Å²) in [5.41, 5.74) is 3.45. The Morgan fingerprint density at radius 3 is 2.48 bits per heavy atom. The van der Waals surface area contributed by atoms with E-state index in [-0.39, 0.29) is 0 Å². The Kier molecular flexibility index (Phi) is 5.82. The van der Waals surface area contributed by atoms with Gasteiger partial charge in [0.2, 0.25) is 0 Å². The maximum atomic E-state index is 8.87. The minimum absolute atomic E-state index is 0.506. The van der Waals surface area contributed by atoms with Crippen LogP contribution < -0.4 is 0 Å². The molecule has 0 bridgehead atoms. The summed E-state index contributed by atoms with van der Waals surface area (Å²) in [7, 11) is 0. The zero-order valence-electron chi connectivity index (χ0n) is 16.4. The van der Waals surface area contributed by atoms with Crippen LogP contribution in [-0.4, -0.2) is 20.5 Å². The summed E-state index contributed by atoms with van der Waals surface area (Å²) in [5.74, 6) is 2.36. The van der Waals surface area contributed by atoms with E-state index in [1.165, 1.54) is 4.88 Å². The minimum Gasteiger partial charge on any atom is -0.300 e. The number of hydrogen-bond acceptors (Lipinski definition) is 4. The van der Waals surface area contributed by atoms with Crippen molar-refractivity contribution in [2.45, 2.75) is 47.5 Å². The molecular weight excluding hydrogens is 376 g/mol. The first-order valence-corrected chi connectivity index (χ1v) is 10.4. The van der Waals surface area contributed by atoms with Gasteiger partial charge in [-0.3, -0.25) is 9.98 Å². The van der Waals surface area contributed by atoms with Crippen LogP contribution in [0.15, 0.2) is 24.3 Å². The number of rotatable bonds is 6. The van der Waals surface area contributed by atoms with Gasteiger partial charge in [0.15, 0.2) is 0 Å². The predicted molar refractivity (Wildman–Crippen MR) is 114 cm³/mol. The summed E-state index contributed by atoms with van der Waals surface area (Å²) in [5, 5.41) is 19.3. The molecule has 1 N–H and O–H groups in total. The van der Waals surface area contributed by atoms with E-state index >= 15 is 0 Å². The van der Waals surface area contributed by atoms with Crippen molar-refractivity contribution in [1.82, 2.24) is 14.8 Å². The van der Waals surface area contributed by atoms with Gasteiger partial charge in [0.25, 0.3) is 0 Å². The largest absolute Gasteiger partial charge is 0.300 e. The van der Waals surface area contributed by atoms with Crippen molar-refractivity contribution in [3.63, 3.8) is 0 Å². The zero-order chi connectivity index (χ0) is 19.7. The van der Waals surface area contributed by atoms with Crippen LogP contribution in [0.3, 0.4) is 0 Å². The lowest BCUT2D eigenvalue weighted by atomic mass is 10.00. The van der Waals surface area contributed by atoms with Crippen LogP contribution >= 0.6 is 22.9 Å². The summed E-state index contributed by atoms with van der Waals surface area (Å²) in [6, 6.07) is 7.47. The molecule has 3 aromatic rings. The lowest BCUT2D eigenvalue weighted by molar-refractivity contribution is 0.538. The van der Waals surface area contributed by atoms with E-state index in [9.17, 15) is 0 Å². The molecule has 1 atom stereocenters. The molecule has 0 saturated heterocycles. The third kappa shape index (κ3) is 3.85. The molecule has 1 aromatic carbocycles. The zero-order valence-corrected chi connectivity index (χ0v) is 18.0. The van der Waals surface area contributed by atoms with Gasteiger partial charge in [-0.2, -0.15) is 0 Å². The molecule has 27 heavy (non-hydrogen) atoms. The smallest absolute Gasteiger partial charge is 0.138 e. The number of hydrogen-bond donors (Lipinski definition) is 1. The molecule has 0 fully saturated rings. The molecule has 1 unspecified atom stereocenters. The van der Waals surface area contributed by atoms with Crippen molar-refractivity contribution >= 4 is 28.6 Å². The van der Waals surface area contributed by atoms with Crippen molar-refractivity contribution in [2.75, 3.05) is 0 Å². The Balaban J connectivity index is 2.14. The van der Waals surface area contributed by atoms with E-state index in [1.54, 1.807) is 11.3 Å². The van der Waals surface area contributed by atoms with Crippen molar-refractivity contribution in [2.24, 2.45) is 5.92 Å². The Labute approximate surface area is 169 Å².